The van der Waals surface area contributed by atoms with Crippen LogP contribution < -0.4 is 4.74 Å². The van der Waals surface area contributed by atoms with E-state index in [1.165, 1.54) is 12.6 Å². The Morgan fingerprint density at radius 2 is 2.22 bits per heavy atom. The van der Waals surface area contributed by atoms with Crippen molar-refractivity contribution in [2.75, 3.05) is 7.11 Å². The number of carbonyl (C=O) groups is 1. The Labute approximate surface area is 107 Å². The second kappa shape index (κ2) is 5.85. The standard InChI is InChI=1S/C14H19NO3/c1-10-4-3-5-12(8-10)18-14(16)11-6-7-13(17-2)15-9-11/h6-7,9-10,12H,3-5,8H2,1-2H3. The van der Waals surface area contributed by atoms with Gasteiger partial charge in [0, 0.05) is 12.3 Å². The summed E-state index contributed by atoms with van der Waals surface area (Å²) in [5.41, 5.74) is 0.481. The van der Waals surface area contributed by atoms with E-state index in [1.54, 1.807) is 19.2 Å². The molecule has 98 valence electrons. The van der Waals surface area contributed by atoms with Crippen LogP contribution in [0.5, 0.6) is 5.88 Å². The van der Waals surface area contributed by atoms with Crippen molar-refractivity contribution in [3.8, 4) is 5.88 Å². The number of methoxy groups -OCH3 is 1. The van der Waals surface area contributed by atoms with E-state index in [0.717, 1.165) is 19.3 Å². The molecule has 1 heterocycles. The molecule has 1 aliphatic carbocycles. The lowest BCUT2D eigenvalue weighted by Gasteiger charge is -2.26. The molecule has 0 spiro atoms. The van der Waals surface area contributed by atoms with Crippen LogP contribution in [0.1, 0.15) is 43.0 Å². The molecule has 0 amide bonds. The first-order valence-electron chi connectivity index (χ1n) is 6.40. The fourth-order valence-corrected chi connectivity index (χ4v) is 2.33. The Balaban J connectivity index is 1.94. The second-order valence-corrected chi connectivity index (χ2v) is 4.89. The third-order valence-corrected chi connectivity index (χ3v) is 3.34. The van der Waals surface area contributed by atoms with Gasteiger partial charge in [0.05, 0.1) is 12.7 Å². The number of esters is 1. The average molecular weight is 249 g/mol. The molecular formula is C14H19NO3. The van der Waals surface area contributed by atoms with Gasteiger partial charge in [-0.3, -0.25) is 0 Å². The largest absolute Gasteiger partial charge is 0.481 e. The molecule has 2 rings (SSSR count). The van der Waals surface area contributed by atoms with Gasteiger partial charge in [-0.05, 0) is 31.2 Å². The Hall–Kier alpha value is -1.58. The van der Waals surface area contributed by atoms with Crippen LogP contribution in [0.2, 0.25) is 0 Å². The minimum atomic E-state index is -0.288. The zero-order chi connectivity index (χ0) is 13.0. The Kier molecular flexibility index (Phi) is 4.18. The van der Waals surface area contributed by atoms with Crippen molar-refractivity contribution in [3.63, 3.8) is 0 Å². The molecule has 1 aromatic heterocycles. The van der Waals surface area contributed by atoms with Gasteiger partial charge >= 0.3 is 5.97 Å². The summed E-state index contributed by atoms with van der Waals surface area (Å²) < 4.78 is 10.5. The van der Waals surface area contributed by atoms with Gasteiger partial charge in [0.15, 0.2) is 0 Å². The van der Waals surface area contributed by atoms with Gasteiger partial charge in [0.1, 0.15) is 6.10 Å². The lowest BCUT2D eigenvalue weighted by atomic mass is 9.89. The van der Waals surface area contributed by atoms with E-state index in [9.17, 15) is 4.79 Å². The lowest BCUT2D eigenvalue weighted by molar-refractivity contribution is 0.0154. The molecule has 4 nitrogen and oxygen atoms in total. The van der Waals surface area contributed by atoms with E-state index in [4.69, 9.17) is 9.47 Å². The summed E-state index contributed by atoms with van der Waals surface area (Å²) in [6.07, 6.45) is 5.86. The molecule has 1 fully saturated rings. The number of carbonyl (C=O) groups excluding carboxylic acids is 1. The molecule has 2 unspecified atom stereocenters. The zero-order valence-corrected chi connectivity index (χ0v) is 10.9. The Morgan fingerprint density at radius 1 is 1.39 bits per heavy atom. The maximum absolute atomic E-state index is 11.9. The van der Waals surface area contributed by atoms with Gasteiger partial charge in [-0.2, -0.15) is 0 Å². The van der Waals surface area contributed by atoms with Crippen molar-refractivity contribution in [2.45, 2.75) is 38.7 Å². The van der Waals surface area contributed by atoms with E-state index >= 15 is 0 Å². The highest BCUT2D eigenvalue weighted by Crippen LogP contribution is 2.26. The van der Waals surface area contributed by atoms with Crippen molar-refractivity contribution in [2.24, 2.45) is 5.92 Å². The van der Waals surface area contributed by atoms with Crippen LogP contribution in [0.25, 0.3) is 0 Å². The van der Waals surface area contributed by atoms with Crippen molar-refractivity contribution >= 4 is 5.97 Å². The smallest absolute Gasteiger partial charge is 0.339 e. The molecule has 1 aliphatic rings. The molecule has 4 heteroatoms. The molecule has 2 atom stereocenters. The molecule has 18 heavy (non-hydrogen) atoms. The first kappa shape index (κ1) is 12.9. The molecule has 0 saturated heterocycles. The second-order valence-electron chi connectivity index (χ2n) is 4.89. The highest BCUT2D eigenvalue weighted by molar-refractivity contribution is 5.89. The SMILES string of the molecule is COc1ccc(C(=O)OC2CCCC(C)C2)cn1. The zero-order valence-electron chi connectivity index (χ0n) is 10.9. The Bertz CT molecular complexity index is 402. The first-order valence-corrected chi connectivity index (χ1v) is 6.40. The minimum absolute atomic E-state index is 0.0587. The number of nitrogens with zero attached hydrogens (tertiary/aromatic N) is 1. The van der Waals surface area contributed by atoms with Gasteiger partial charge in [-0.25, -0.2) is 9.78 Å². The fraction of sp³-hybridized carbons (Fsp3) is 0.571. The minimum Gasteiger partial charge on any atom is -0.481 e. The summed E-state index contributed by atoms with van der Waals surface area (Å²) in [7, 11) is 1.55. The van der Waals surface area contributed by atoms with E-state index in [-0.39, 0.29) is 12.1 Å². The van der Waals surface area contributed by atoms with Crippen LogP contribution >= 0.6 is 0 Å². The summed E-state index contributed by atoms with van der Waals surface area (Å²) in [6.45, 7) is 2.20. The normalized spacial score (nSPS) is 23.4. The van der Waals surface area contributed by atoms with Crippen molar-refractivity contribution in [1.82, 2.24) is 4.98 Å². The van der Waals surface area contributed by atoms with Crippen LogP contribution in [0.3, 0.4) is 0 Å². The number of rotatable bonds is 3. The first-order chi connectivity index (χ1) is 8.69. The summed E-state index contributed by atoms with van der Waals surface area (Å²) in [6, 6.07) is 3.35. The topological polar surface area (TPSA) is 48.4 Å². The molecule has 0 bridgehead atoms. The van der Waals surface area contributed by atoms with E-state index in [0.29, 0.717) is 17.4 Å². The van der Waals surface area contributed by atoms with E-state index in [1.807, 2.05) is 0 Å². The van der Waals surface area contributed by atoms with Crippen LogP contribution in [0.4, 0.5) is 0 Å². The predicted molar refractivity (Wildman–Crippen MR) is 67.6 cm³/mol. The van der Waals surface area contributed by atoms with Crippen molar-refractivity contribution < 1.29 is 14.3 Å². The molecular weight excluding hydrogens is 230 g/mol. The summed E-state index contributed by atoms with van der Waals surface area (Å²) in [5.74, 6) is 0.854. The number of hydrogen-bond donors (Lipinski definition) is 0. The van der Waals surface area contributed by atoms with Crippen LogP contribution in [0, 0.1) is 5.92 Å². The molecule has 0 radical (unpaired) electrons. The lowest BCUT2D eigenvalue weighted by Crippen LogP contribution is -2.24. The molecule has 0 N–H and O–H groups in total. The maximum atomic E-state index is 11.9. The van der Waals surface area contributed by atoms with E-state index < -0.39 is 0 Å². The van der Waals surface area contributed by atoms with Crippen molar-refractivity contribution in [3.05, 3.63) is 23.9 Å². The van der Waals surface area contributed by atoms with Crippen molar-refractivity contribution in [1.29, 1.82) is 0 Å². The van der Waals surface area contributed by atoms with Crippen LogP contribution in [-0.4, -0.2) is 24.2 Å². The average Bonchev–Trinajstić information content (AvgIpc) is 2.39. The fourth-order valence-electron chi connectivity index (χ4n) is 2.33. The highest BCUT2D eigenvalue weighted by atomic mass is 16.5. The maximum Gasteiger partial charge on any atom is 0.339 e. The number of hydrogen-bond acceptors (Lipinski definition) is 4. The summed E-state index contributed by atoms with van der Waals surface area (Å²) >= 11 is 0. The van der Waals surface area contributed by atoms with Crippen LogP contribution in [0.15, 0.2) is 18.3 Å². The summed E-state index contributed by atoms with van der Waals surface area (Å²) in [5, 5.41) is 0. The van der Waals surface area contributed by atoms with Gasteiger partial charge in [-0.15, -0.1) is 0 Å². The third-order valence-electron chi connectivity index (χ3n) is 3.34. The third kappa shape index (κ3) is 3.22. The number of aromatic nitrogens is 1. The number of pyridine rings is 1. The Morgan fingerprint density at radius 3 is 2.83 bits per heavy atom. The number of ether oxygens (including phenoxy) is 2. The van der Waals surface area contributed by atoms with Gasteiger partial charge in [0.25, 0.3) is 0 Å². The molecule has 1 saturated carbocycles. The monoisotopic (exact) mass is 249 g/mol. The van der Waals surface area contributed by atoms with Crippen LogP contribution in [-0.2, 0) is 4.74 Å². The molecule has 0 aromatic carbocycles. The predicted octanol–water partition coefficient (Wildman–Crippen LogP) is 2.83. The van der Waals surface area contributed by atoms with Gasteiger partial charge < -0.3 is 9.47 Å². The summed E-state index contributed by atoms with van der Waals surface area (Å²) in [4.78, 5) is 15.9. The highest BCUT2D eigenvalue weighted by Gasteiger charge is 2.22. The van der Waals surface area contributed by atoms with Gasteiger partial charge in [0.2, 0.25) is 5.88 Å². The quantitative estimate of drug-likeness (QED) is 0.773. The van der Waals surface area contributed by atoms with Gasteiger partial charge in [-0.1, -0.05) is 13.3 Å². The molecule has 0 aliphatic heterocycles. The van der Waals surface area contributed by atoms with E-state index in [2.05, 4.69) is 11.9 Å². The molecule has 1 aromatic rings.